The highest BCUT2D eigenvalue weighted by Crippen LogP contribution is 2.29. The maximum atomic E-state index is 15.1. The summed E-state index contributed by atoms with van der Waals surface area (Å²) in [6, 6.07) is 6.38. The number of pyridine rings is 1. The van der Waals surface area contributed by atoms with E-state index in [1.807, 2.05) is 13.8 Å². The van der Waals surface area contributed by atoms with Crippen molar-refractivity contribution in [3.8, 4) is 11.5 Å². The summed E-state index contributed by atoms with van der Waals surface area (Å²) < 4.78 is 20.9. The van der Waals surface area contributed by atoms with E-state index in [9.17, 15) is 5.11 Å². The smallest absolute Gasteiger partial charge is 0.161 e. The van der Waals surface area contributed by atoms with Crippen LogP contribution in [-0.4, -0.2) is 21.6 Å². The zero-order valence-electron chi connectivity index (χ0n) is 21.8. The minimum atomic E-state index is -0.508. The fourth-order valence-corrected chi connectivity index (χ4v) is 3.36. The molecule has 2 N–H and O–H groups in total. The minimum absolute atomic E-state index is 0.0764. The number of aliphatic imine (C=N–C) groups is 1. The van der Waals surface area contributed by atoms with Gasteiger partial charge in [-0.2, -0.15) is 5.10 Å². The number of hydrazone groups is 1. The normalized spacial score (nSPS) is 14.2. The number of rotatable bonds is 12. The van der Waals surface area contributed by atoms with Crippen molar-refractivity contribution in [3.05, 3.63) is 89.7 Å². The summed E-state index contributed by atoms with van der Waals surface area (Å²) in [5.41, 5.74) is 5.76. The molecule has 0 aliphatic heterocycles. The lowest BCUT2D eigenvalue weighted by Crippen LogP contribution is -2.19. The standard InChI is InChI=1S/C29H34ClFN4O2/c1-7-11-26(19(5)30)33-29(10-4)35-34-22(9-3)16-21(8-2)17-25(31)20(6)37-28-14-15-32-27-13-12-23(36)18-24(27)28/h7,9,12-15,17-18,36H,1,3,8,10-11,16H2,2,4-6H3,(H,33,35)/b21-17+,25-20-,26-19-,34-22+. The molecule has 1 aromatic heterocycles. The largest absolute Gasteiger partial charge is 0.508 e. The van der Waals surface area contributed by atoms with E-state index in [0.717, 1.165) is 5.57 Å². The van der Waals surface area contributed by atoms with Gasteiger partial charge in [0.25, 0.3) is 0 Å². The van der Waals surface area contributed by atoms with Gasteiger partial charge < -0.3 is 9.84 Å². The van der Waals surface area contributed by atoms with Crippen LogP contribution in [-0.2, 0) is 0 Å². The molecular formula is C29H34ClFN4O2. The molecule has 2 aromatic rings. The van der Waals surface area contributed by atoms with Crippen LogP contribution in [0.15, 0.2) is 99.8 Å². The molecule has 2 rings (SSSR count). The van der Waals surface area contributed by atoms with E-state index in [2.05, 4.69) is 33.7 Å². The number of phenols is 1. The molecule has 1 aromatic carbocycles. The number of hydrogen-bond donors (Lipinski definition) is 2. The van der Waals surface area contributed by atoms with Crippen LogP contribution < -0.4 is 10.2 Å². The summed E-state index contributed by atoms with van der Waals surface area (Å²) >= 11 is 6.14. The van der Waals surface area contributed by atoms with Crippen molar-refractivity contribution in [2.45, 2.75) is 53.4 Å². The summed E-state index contributed by atoms with van der Waals surface area (Å²) in [7, 11) is 0. The summed E-state index contributed by atoms with van der Waals surface area (Å²) in [5, 5.41) is 15.4. The van der Waals surface area contributed by atoms with E-state index in [0.29, 0.717) is 64.6 Å². The molecule has 0 aliphatic rings. The van der Waals surface area contributed by atoms with Crippen LogP contribution in [0, 0.1) is 0 Å². The van der Waals surface area contributed by atoms with Crippen LogP contribution in [0.5, 0.6) is 11.5 Å². The molecule has 0 aliphatic carbocycles. The maximum absolute atomic E-state index is 15.1. The average molecular weight is 525 g/mol. The van der Waals surface area contributed by atoms with E-state index in [4.69, 9.17) is 16.3 Å². The molecule has 0 spiro atoms. The van der Waals surface area contributed by atoms with E-state index >= 15 is 4.39 Å². The first-order valence-electron chi connectivity index (χ1n) is 12.0. The predicted molar refractivity (Wildman–Crippen MR) is 153 cm³/mol. The highest BCUT2D eigenvalue weighted by Gasteiger charge is 2.10. The number of halogens is 2. The second kappa shape index (κ2) is 14.8. The molecule has 0 atom stereocenters. The van der Waals surface area contributed by atoms with Gasteiger partial charge in [-0.05, 0) is 56.7 Å². The first-order valence-corrected chi connectivity index (χ1v) is 12.4. The molecule has 0 saturated heterocycles. The Labute approximate surface area is 223 Å². The van der Waals surface area contributed by atoms with E-state index in [1.165, 1.54) is 18.2 Å². The van der Waals surface area contributed by atoms with Crippen molar-refractivity contribution >= 4 is 34.1 Å². The van der Waals surface area contributed by atoms with Gasteiger partial charge in [0, 0.05) is 35.9 Å². The van der Waals surface area contributed by atoms with Gasteiger partial charge in [0.05, 0.1) is 16.9 Å². The second-order valence-electron chi connectivity index (χ2n) is 8.15. The molecule has 1 heterocycles. The molecule has 0 fully saturated rings. The molecular weight excluding hydrogens is 491 g/mol. The Morgan fingerprint density at radius 1 is 1.22 bits per heavy atom. The van der Waals surface area contributed by atoms with Crippen molar-refractivity contribution in [1.82, 2.24) is 10.4 Å². The summed E-state index contributed by atoms with van der Waals surface area (Å²) in [5.74, 6) is 0.707. The molecule has 37 heavy (non-hydrogen) atoms. The number of fused-ring (bicyclic) bond motifs is 1. The monoisotopic (exact) mass is 524 g/mol. The molecule has 8 heteroatoms. The predicted octanol–water partition coefficient (Wildman–Crippen LogP) is 8.23. The van der Waals surface area contributed by atoms with Crippen LogP contribution in [0.2, 0.25) is 0 Å². The molecule has 196 valence electrons. The van der Waals surface area contributed by atoms with E-state index in [1.54, 1.807) is 44.3 Å². The number of allylic oxidation sites excluding steroid dienone is 7. The number of aromatic hydroxyl groups is 1. The Bertz CT molecular complexity index is 1290. The van der Waals surface area contributed by atoms with E-state index in [-0.39, 0.29) is 11.5 Å². The quantitative estimate of drug-likeness (QED) is 0.0731. The van der Waals surface area contributed by atoms with E-state index < -0.39 is 5.83 Å². The van der Waals surface area contributed by atoms with Gasteiger partial charge in [0.2, 0.25) is 0 Å². The van der Waals surface area contributed by atoms with Crippen LogP contribution in [0.1, 0.15) is 53.4 Å². The fraction of sp³-hybridized carbons (Fsp3) is 0.276. The molecule has 6 nitrogen and oxygen atoms in total. The Kier molecular flexibility index (Phi) is 11.8. The SMILES string of the molecule is C=CC/C(N=C(CC)N/N=C(\C=C)C/C(=C/C(F)=C(\C)Oc1ccnc2ccc(O)cc12)CC)=C(\C)Cl. The third-order valence-electron chi connectivity index (χ3n) is 5.38. The van der Waals surface area contributed by atoms with Crippen molar-refractivity contribution in [1.29, 1.82) is 0 Å². The van der Waals surface area contributed by atoms with Gasteiger partial charge in [0.1, 0.15) is 23.1 Å². The number of amidine groups is 1. The zero-order chi connectivity index (χ0) is 27.4. The highest BCUT2D eigenvalue weighted by atomic mass is 35.5. The number of nitrogens with one attached hydrogen (secondary N) is 1. The molecule has 0 saturated carbocycles. The number of nitrogens with zero attached hydrogens (tertiary/aromatic N) is 3. The van der Waals surface area contributed by atoms with Crippen LogP contribution in [0.3, 0.4) is 0 Å². The molecule has 0 amide bonds. The Morgan fingerprint density at radius 3 is 2.59 bits per heavy atom. The third-order valence-corrected chi connectivity index (χ3v) is 5.60. The number of benzene rings is 1. The van der Waals surface area contributed by atoms with Crippen LogP contribution in [0.25, 0.3) is 10.9 Å². The van der Waals surface area contributed by atoms with Crippen molar-refractivity contribution in [3.63, 3.8) is 0 Å². The lowest BCUT2D eigenvalue weighted by atomic mass is 10.1. The Morgan fingerprint density at radius 2 is 1.97 bits per heavy atom. The van der Waals surface area contributed by atoms with Crippen LogP contribution >= 0.6 is 11.6 Å². The third kappa shape index (κ3) is 9.03. The summed E-state index contributed by atoms with van der Waals surface area (Å²) in [4.78, 5) is 8.79. The van der Waals surface area contributed by atoms with Gasteiger partial charge in [0.15, 0.2) is 5.83 Å². The first kappa shape index (κ1) is 29.5. The maximum Gasteiger partial charge on any atom is 0.161 e. The van der Waals surface area contributed by atoms with Gasteiger partial charge in [-0.25, -0.2) is 9.38 Å². The van der Waals surface area contributed by atoms with Crippen molar-refractivity contribution in [2.24, 2.45) is 10.1 Å². The zero-order valence-corrected chi connectivity index (χ0v) is 22.6. The molecule has 0 radical (unpaired) electrons. The van der Waals surface area contributed by atoms with Gasteiger partial charge in [-0.1, -0.05) is 43.7 Å². The first-order chi connectivity index (χ1) is 17.7. The number of hydrogen-bond acceptors (Lipinski definition) is 5. The molecule has 0 unspecified atom stereocenters. The Balaban J connectivity index is 2.24. The van der Waals surface area contributed by atoms with Gasteiger partial charge in [-0.15, -0.1) is 6.58 Å². The summed E-state index contributed by atoms with van der Waals surface area (Å²) in [6.45, 7) is 14.8. The number of ether oxygens (including phenoxy) is 1. The fourth-order valence-electron chi connectivity index (χ4n) is 3.24. The second-order valence-corrected chi connectivity index (χ2v) is 8.72. The minimum Gasteiger partial charge on any atom is -0.508 e. The van der Waals surface area contributed by atoms with Crippen molar-refractivity contribution < 1.29 is 14.2 Å². The topological polar surface area (TPSA) is 79.1 Å². The highest BCUT2D eigenvalue weighted by molar-refractivity contribution is 6.29. The average Bonchev–Trinajstić information content (AvgIpc) is 2.88. The number of aromatic nitrogens is 1. The molecule has 0 bridgehead atoms. The summed E-state index contributed by atoms with van der Waals surface area (Å²) in [6.07, 6.45) is 8.54. The van der Waals surface area contributed by atoms with Gasteiger partial charge >= 0.3 is 0 Å². The lowest BCUT2D eigenvalue weighted by Gasteiger charge is -2.11. The Hall–Kier alpha value is -3.71. The van der Waals surface area contributed by atoms with Gasteiger partial charge in [-0.3, -0.25) is 10.4 Å². The van der Waals surface area contributed by atoms with Crippen LogP contribution in [0.4, 0.5) is 4.39 Å². The number of phenolic OH excluding ortho intramolecular Hbond substituents is 1. The van der Waals surface area contributed by atoms with Crippen molar-refractivity contribution in [2.75, 3.05) is 0 Å². The lowest BCUT2D eigenvalue weighted by molar-refractivity contribution is 0.406.